The number of carbonyl (C=O) groups is 2. The lowest BCUT2D eigenvalue weighted by Gasteiger charge is -2.32. The molecule has 1 aromatic rings. The molecule has 20 heavy (non-hydrogen) atoms. The summed E-state index contributed by atoms with van der Waals surface area (Å²) in [6.45, 7) is 3.37. The fraction of sp³-hybridized carbons (Fsp3) is 0.545. The summed E-state index contributed by atoms with van der Waals surface area (Å²) in [5, 5.41) is 10.8. The molecule has 1 aliphatic rings. The Balaban J connectivity index is 2.03. The molecule has 0 unspecified atom stereocenters. The largest absolute Gasteiger partial charge is 0.358 e. The van der Waals surface area contributed by atoms with E-state index < -0.39 is 4.92 Å². The molecule has 1 aliphatic heterocycles. The maximum atomic E-state index is 12.1. The first-order valence-electron chi connectivity index (χ1n) is 6.16. The van der Waals surface area contributed by atoms with E-state index in [0.717, 1.165) is 12.6 Å². The molecule has 1 fully saturated rings. The van der Waals surface area contributed by atoms with Gasteiger partial charge in [0.1, 0.15) is 6.20 Å². The van der Waals surface area contributed by atoms with Gasteiger partial charge in [-0.1, -0.05) is 0 Å². The predicted octanol–water partition coefficient (Wildman–Crippen LogP) is -0.600. The molecule has 9 heteroatoms. The van der Waals surface area contributed by atoms with E-state index in [9.17, 15) is 19.7 Å². The Bertz CT molecular complexity index is 533. The minimum absolute atomic E-state index is 0.108. The smallest absolute Gasteiger partial charge is 0.343 e. The standard InChI is InChI=1S/C11H15N5O4/c1-9-12-6-10(16(19)20)15(9)7-11(18)14-4-2-13(8-17)3-5-14/h6,8H,2-5,7H2,1H3. The normalized spacial score (nSPS) is 15.2. The lowest BCUT2D eigenvalue weighted by atomic mass is 10.3. The second-order valence-electron chi connectivity index (χ2n) is 4.53. The molecule has 0 N–H and O–H groups in total. The van der Waals surface area contributed by atoms with E-state index in [4.69, 9.17) is 0 Å². The van der Waals surface area contributed by atoms with Crippen LogP contribution >= 0.6 is 0 Å². The van der Waals surface area contributed by atoms with Gasteiger partial charge in [-0.25, -0.2) is 9.55 Å². The first-order chi connectivity index (χ1) is 9.52. The number of rotatable bonds is 4. The van der Waals surface area contributed by atoms with Crippen LogP contribution < -0.4 is 0 Å². The number of piperazine rings is 1. The van der Waals surface area contributed by atoms with Crippen LogP contribution in [0.25, 0.3) is 0 Å². The molecule has 0 aliphatic carbocycles. The second-order valence-corrected chi connectivity index (χ2v) is 4.53. The van der Waals surface area contributed by atoms with Crippen LogP contribution in [0.15, 0.2) is 6.20 Å². The highest BCUT2D eigenvalue weighted by Gasteiger charge is 2.25. The SMILES string of the molecule is Cc1ncc([N+](=O)[O-])n1CC(=O)N1CCN(C=O)CC1. The van der Waals surface area contributed by atoms with Gasteiger partial charge >= 0.3 is 5.82 Å². The zero-order chi connectivity index (χ0) is 14.7. The third kappa shape index (κ3) is 2.76. The van der Waals surface area contributed by atoms with Crippen LogP contribution in [0.3, 0.4) is 0 Å². The van der Waals surface area contributed by atoms with E-state index in [-0.39, 0.29) is 18.3 Å². The van der Waals surface area contributed by atoms with Gasteiger partial charge in [0.25, 0.3) is 5.91 Å². The number of amides is 2. The van der Waals surface area contributed by atoms with Crippen LogP contribution in [0.4, 0.5) is 5.82 Å². The lowest BCUT2D eigenvalue weighted by molar-refractivity contribution is -0.392. The average Bonchev–Trinajstić information content (AvgIpc) is 2.80. The monoisotopic (exact) mass is 281 g/mol. The maximum Gasteiger partial charge on any atom is 0.343 e. The number of imidazole rings is 1. The summed E-state index contributed by atoms with van der Waals surface area (Å²) in [6, 6.07) is 0. The molecule has 0 atom stereocenters. The molecular formula is C11H15N5O4. The van der Waals surface area contributed by atoms with Gasteiger partial charge in [-0.05, 0) is 4.92 Å². The van der Waals surface area contributed by atoms with Crippen LogP contribution in [0.5, 0.6) is 0 Å². The minimum atomic E-state index is -0.558. The van der Waals surface area contributed by atoms with Gasteiger partial charge in [-0.2, -0.15) is 0 Å². The Hall–Kier alpha value is -2.45. The third-order valence-electron chi connectivity index (χ3n) is 3.33. The van der Waals surface area contributed by atoms with Crippen molar-refractivity contribution in [3.63, 3.8) is 0 Å². The molecule has 0 aromatic carbocycles. The van der Waals surface area contributed by atoms with Gasteiger partial charge in [0.05, 0.1) is 0 Å². The van der Waals surface area contributed by atoms with E-state index in [0.29, 0.717) is 32.0 Å². The van der Waals surface area contributed by atoms with Gasteiger partial charge in [0.2, 0.25) is 6.41 Å². The summed E-state index contributed by atoms with van der Waals surface area (Å²) in [4.78, 5) is 40.1. The van der Waals surface area contributed by atoms with Crippen molar-refractivity contribution in [2.45, 2.75) is 13.5 Å². The topological polar surface area (TPSA) is 102 Å². The molecule has 2 heterocycles. The van der Waals surface area contributed by atoms with Crippen molar-refractivity contribution in [3.8, 4) is 0 Å². The Morgan fingerprint density at radius 3 is 2.65 bits per heavy atom. The first kappa shape index (κ1) is 14.0. The number of nitrogens with zero attached hydrogens (tertiary/aromatic N) is 5. The van der Waals surface area contributed by atoms with Crippen LogP contribution in [0.1, 0.15) is 5.82 Å². The summed E-state index contributed by atoms with van der Waals surface area (Å²) in [5.41, 5.74) is 0. The van der Waals surface area contributed by atoms with E-state index in [2.05, 4.69) is 4.98 Å². The summed E-state index contributed by atoms with van der Waals surface area (Å²) >= 11 is 0. The minimum Gasteiger partial charge on any atom is -0.358 e. The number of hydrogen-bond donors (Lipinski definition) is 0. The number of aromatic nitrogens is 2. The van der Waals surface area contributed by atoms with Crippen molar-refractivity contribution < 1.29 is 14.5 Å². The predicted molar refractivity (Wildman–Crippen MR) is 67.8 cm³/mol. The fourth-order valence-electron chi connectivity index (χ4n) is 2.11. The number of nitro groups is 1. The average molecular weight is 281 g/mol. The zero-order valence-corrected chi connectivity index (χ0v) is 11.1. The van der Waals surface area contributed by atoms with Crippen molar-refractivity contribution in [2.24, 2.45) is 0 Å². The van der Waals surface area contributed by atoms with Crippen LogP contribution in [0.2, 0.25) is 0 Å². The Kier molecular flexibility index (Phi) is 3.97. The summed E-state index contributed by atoms with van der Waals surface area (Å²) in [5.74, 6) is 0.0266. The molecule has 0 saturated carbocycles. The molecule has 108 valence electrons. The van der Waals surface area contributed by atoms with Crippen molar-refractivity contribution in [2.75, 3.05) is 26.2 Å². The quantitative estimate of drug-likeness (QED) is 0.416. The van der Waals surface area contributed by atoms with Crippen molar-refractivity contribution in [1.82, 2.24) is 19.4 Å². The van der Waals surface area contributed by atoms with Crippen molar-refractivity contribution in [3.05, 3.63) is 22.1 Å². The van der Waals surface area contributed by atoms with E-state index in [1.54, 1.807) is 16.7 Å². The van der Waals surface area contributed by atoms with Gasteiger partial charge < -0.3 is 19.9 Å². The van der Waals surface area contributed by atoms with Crippen molar-refractivity contribution in [1.29, 1.82) is 0 Å². The second kappa shape index (κ2) is 5.68. The van der Waals surface area contributed by atoms with Gasteiger partial charge in [-0.3, -0.25) is 9.59 Å². The highest BCUT2D eigenvalue weighted by Crippen LogP contribution is 2.14. The molecule has 2 amide bonds. The highest BCUT2D eigenvalue weighted by molar-refractivity contribution is 5.76. The summed E-state index contributed by atoms with van der Waals surface area (Å²) in [7, 11) is 0. The fourth-order valence-corrected chi connectivity index (χ4v) is 2.11. The molecule has 0 radical (unpaired) electrons. The Labute approximate surface area is 114 Å². The van der Waals surface area contributed by atoms with Gasteiger partial charge in [0, 0.05) is 33.1 Å². The van der Waals surface area contributed by atoms with E-state index >= 15 is 0 Å². The highest BCUT2D eigenvalue weighted by atomic mass is 16.6. The third-order valence-corrected chi connectivity index (χ3v) is 3.33. The van der Waals surface area contributed by atoms with E-state index in [1.165, 1.54) is 4.57 Å². The molecule has 2 rings (SSSR count). The Morgan fingerprint density at radius 1 is 1.45 bits per heavy atom. The number of aryl methyl sites for hydroxylation is 1. The molecule has 9 nitrogen and oxygen atoms in total. The van der Waals surface area contributed by atoms with Crippen LogP contribution in [-0.2, 0) is 16.1 Å². The lowest BCUT2D eigenvalue weighted by Crippen LogP contribution is -2.49. The molecule has 1 saturated heterocycles. The number of carbonyl (C=O) groups excluding carboxylic acids is 2. The van der Waals surface area contributed by atoms with Crippen molar-refractivity contribution >= 4 is 18.1 Å². The summed E-state index contributed by atoms with van der Waals surface area (Å²) < 4.78 is 1.29. The first-order valence-corrected chi connectivity index (χ1v) is 6.16. The van der Waals surface area contributed by atoms with Gasteiger partial charge in [-0.15, -0.1) is 0 Å². The molecule has 0 bridgehead atoms. The molecule has 0 spiro atoms. The summed E-state index contributed by atoms with van der Waals surface area (Å²) in [6.07, 6.45) is 1.90. The van der Waals surface area contributed by atoms with Gasteiger partial charge in [0.15, 0.2) is 12.4 Å². The molecular weight excluding hydrogens is 266 g/mol. The Morgan fingerprint density at radius 2 is 2.10 bits per heavy atom. The molecule has 1 aromatic heterocycles. The zero-order valence-electron chi connectivity index (χ0n) is 11.1. The van der Waals surface area contributed by atoms with Crippen LogP contribution in [0, 0.1) is 17.0 Å². The number of hydrogen-bond acceptors (Lipinski definition) is 5. The van der Waals surface area contributed by atoms with E-state index in [1.807, 2.05) is 0 Å². The van der Waals surface area contributed by atoms with Crippen LogP contribution in [-0.4, -0.2) is 62.8 Å². The maximum absolute atomic E-state index is 12.1.